The second-order valence-electron chi connectivity index (χ2n) is 1.25. The molecule has 1 aromatic rings. The number of H-pyrrole nitrogens is 1. The topological polar surface area (TPSA) is 15.8 Å². The number of aromatic amines is 1. The zero-order chi connectivity index (χ0) is 4.41. The van der Waals surface area contributed by atoms with Gasteiger partial charge in [0, 0.05) is 26.2 Å². The van der Waals surface area contributed by atoms with E-state index in [1.54, 1.807) is 0 Å². The fraction of sp³-hybridized carbons (Fsp3) is 0.200. The molecule has 7 heavy (non-hydrogen) atoms. The van der Waals surface area contributed by atoms with Gasteiger partial charge >= 0.3 is 0 Å². The van der Waals surface area contributed by atoms with Crippen LogP contribution < -0.4 is 0 Å². The second kappa shape index (κ2) is 3.20. The SMILES string of the molecule is Cc1[c-]cc[nH]1.[Zr]. The van der Waals surface area contributed by atoms with Crippen molar-refractivity contribution in [1.82, 2.24) is 4.98 Å². The number of aromatic nitrogens is 1. The zero-order valence-electron chi connectivity index (χ0n) is 4.15. The van der Waals surface area contributed by atoms with Crippen LogP contribution in [0.2, 0.25) is 0 Å². The van der Waals surface area contributed by atoms with E-state index in [2.05, 4.69) is 11.1 Å². The molecule has 0 radical (unpaired) electrons. The molecule has 2 heteroatoms. The van der Waals surface area contributed by atoms with Gasteiger partial charge < -0.3 is 4.98 Å². The van der Waals surface area contributed by atoms with Crippen molar-refractivity contribution in [2.24, 2.45) is 0 Å². The maximum Gasteiger partial charge on any atom is 0 e. The number of aryl methyl sites for hydroxylation is 1. The quantitative estimate of drug-likeness (QED) is 0.563. The first-order valence-corrected chi connectivity index (χ1v) is 1.91. The van der Waals surface area contributed by atoms with Gasteiger partial charge in [0.05, 0.1) is 0 Å². The maximum atomic E-state index is 2.94. The molecule has 0 fully saturated rings. The van der Waals surface area contributed by atoms with Crippen molar-refractivity contribution < 1.29 is 26.2 Å². The van der Waals surface area contributed by atoms with Gasteiger partial charge in [0.25, 0.3) is 0 Å². The van der Waals surface area contributed by atoms with Gasteiger partial charge in [-0.2, -0.15) is 0 Å². The Morgan fingerprint density at radius 2 is 2.43 bits per heavy atom. The minimum absolute atomic E-state index is 0. The molecule has 0 saturated carbocycles. The average molecular weight is 171 g/mol. The van der Waals surface area contributed by atoms with Gasteiger partial charge in [0.1, 0.15) is 0 Å². The smallest absolute Gasteiger partial charge is 0 e. The second-order valence-corrected chi connectivity index (χ2v) is 1.25. The normalized spacial score (nSPS) is 7.57. The van der Waals surface area contributed by atoms with Crippen LogP contribution in [0, 0.1) is 13.0 Å². The van der Waals surface area contributed by atoms with E-state index in [1.165, 1.54) is 0 Å². The van der Waals surface area contributed by atoms with Gasteiger partial charge in [0.15, 0.2) is 0 Å². The minimum Gasteiger partial charge on any atom is -0.459 e. The van der Waals surface area contributed by atoms with Crippen LogP contribution in [-0.2, 0) is 26.2 Å². The first-order chi connectivity index (χ1) is 2.89. The van der Waals surface area contributed by atoms with Crippen molar-refractivity contribution >= 4 is 0 Å². The van der Waals surface area contributed by atoms with E-state index in [-0.39, 0.29) is 26.2 Å². The predicted molar refractivity (Wildman–Crippen MR) is 24.4 cm³/mol. The molecule has 0 saturated heterocycles. The first kappa shape index (κ1) is 7.16. The molecule has 0 aliphatic carbocycles. The predicted octanol–water partition coefficient (Wildman–Crippen LogP) is 1.12. The van der Waals surface area contributed by atoms with Crippen LogP contribution in [0.1, 0.15) is 5.69 Å². The summed E-state index contributed by atoms with van der Waals surface area (Å²) in [4.78, 5) is 2.94. The van der Waals surface area contributed by atoms with E-state index in [0.717, 1.165) is 5.69 Å². The zero-order valence-corrected chi connectivity index (χ0v) is 6.61. The van der Waals surface area contributed by atoms with E-state index >= 15 is 0 Å². The Kier molecular flexibility index (Phi) is 3.28. The number of hydrogen-bond acceptors (Lipinski definition) is 0. The summed E-state index contributed by atoms with van der Waals surface area (Å²) in [7, 11) is 0. The van der Waals surface area contributed by atoms with Gasteiger partial charge in [-0.25, -0.2) is 12.1 Å². The molecule has 0 unspecified atom stereocenters. The fourth-order valence-electron chi connectivity index (χ4n) is 0.375. The van der Waals surface area contributed by atoms with Gasteiger partial charge in [-0.3, -0.25) is 0 Å². The molecule has 1 N–H and O–H groups in total. The van der Waals surface area contributed by atoms with Crippen LogP contribution in [0.5, 0.6) is 0 Å². The largest absolute Gasteiger partial charge is 0.459 e. The van der Waals surface area contributed by atoms with E-state index in [9.17, 15) is 0 Å². The molecular weight excluding hydrogens is 165 g/mol. The Bertz CT molecular complexity index is 112. The molecule has 0 amide bonds. The third-order valence-electron chi connectivity index (χ3n) is 0.683. The number of hydrogen-bond donors (Lipinski definition) is 1. The van der Waals surface area contributed by atoms with E-state index in [0.29, 0.717) is 0 Å². The Labute approximate surface area is 62.3 Å². The molecule has 0 atom stereocenters. The summed E-state index contributed by atoms with van der Waals surface area (Å²) < 4.78 is 0. The van der Waals surface area contributed by atoms with Crippen LogP contribution in [0.15, 0.2) is 12.3 Å². The van der Waals surface area contributed by atoms with Crippen molar-refractivity contribution in [2.45, 2.75) is 6.92 Å². The third-order valence-corrected chi connectivity index (χ3v) is 0.683. The summed E-state index contributed by atoms with van der Waals surface area (Å²) in [6, 6.07) is 4.80. The van der Waals surface area contributed by atoms with Gasteiger partial charge in [0.2, 0.25) is 0 Å². The Balaban J connectivity index is 0.000000360. The van der Waals surface area contributed by atoms with Crippen molar-refractivity contribution in [3.05, 3.63) is 24.0 Å². The average Bonchev–Trinajstić information content (AvgIpc) is 1.86. The van der Waals surface area contributed by atoms with Crippen LogP contribution in [0.3, 0.4) is 0 Å². The molecule has 36 valence electrons. The van der Waals surface area contributed by atoms with Crippen LogP contribution >= 0.6 is 0 Å². The van der Waals surface area contributed by atoms with Gasteiger partial charge in [-0.15, -0.1) is 6.20 Å². The third kappa shape index (κ3) is 2.08. The van der Waals surface area contributed by atoms with Crippen molar-refractivity contribution in [1.29, 1.82) is 0 Å². The monoisotopic (exact) mass is 170 g/mol. The number of rotatable bonds is 0. The summed E-state index contributed by atoms with van der Waals surface area (Å²) >= 11 is 0. The molecule has 0 aromatic carbocycles. The number of nitrogens with one attached hydrogen (secondary N) is 1. The Morgan fingerprint density at radius 3 is 2.57 bits per heavy atom. The van der Waals surface area contributed by atoms with Gasteiger partial charge in [-0.05, 0) is 6.92 Å². The molecule has 0 aliphatic heterocycles. The van der Waals surface area contributed by atoms with Crippen LogP contribution in [0.4, 0.5) is 0 Å². The van der Waals surface area contributed by atoms with Crippen molar-refractivity contribution in [3.63, 3.8) is 0 Å². The summed E-state index contributed by atoms with van der Waals surface area (Å²) in [5.74, 6) is 0. The molecule has 0 aliphatic rings. The van der Waals surface area contributed by atoms with E-state index < -0.39 is 0 Å². The van der Waals surface area contributed by atoms with Crippen molar-refractivity contribution in [3.8, 4) is 0 Å². The summed E-state index contributed by atoms with van der Waals surface area (Å²) in [6.07, 6.45) is 1.86. The van der Waals surface area contributed by atoms with E-state index in [4.69, 9.17) is 0 Å². The molecule has 1 aromatic heterocycles. The maximum absolute atomic E-state index is 2.94. The molecule has 0 spiro atoms. The minimum atomic E-state index is 0. The summed E-state index contributed by atoms with van der Waals surface area (Å²) in [6.45, 7) is 1.97. The summed E-state index contributed by atoms with van der Waals surface area (Å²) in [5.41, 5.74) is 1.09. The van der Waals surface area contributed by atoms with Crippen LogP contribution in [0.25, 0.3) is 0 Å². The Hall–Kier alpha value is 0.163. The molecule has 1 rings (SSSR count). The molecule has 1 heterocycles. The van der Waals surface area contributed by atoms with Crippen LogP contribution in [-0.4, -0.2) is 4.98 Å². The Morgan fingerprint density at radius 1 is 1.71 bits per heavy atom. The fourth-order valence-corrected chi connectivity index (χ4v) is 0.375. The van der Waals surface area contributed by atoms with Gasteiger partial charge in [-0.1, -0.05) is 5.69 Å². The first-order valence-electron chi connectivity index (χ1n) is 1.91. The molecule has 1 nitrogen and oxygen atoms in total. The summed E-state index contributed by atoms with van der Waals surface area (Å²) in [5, 5.41) is 0. The van der Waals surface area contributed by atoms with E-state index in [1.807, 2.05) is 19.2 Å². The standard InChI is InChI=1S/C5H6N.Zr/c1-5-3-2-4-6-5;/h2,4,6H,1H3;/q-1;. The van der Waals surface area contributed by atoms with Crippen molar-refractivity contribution in [2.75, 3.05) is 0 Å². The molecule has 0 bridgehead atoms. The molecular formula is C5H6NZr-.